The molecule has 0 N–H and O–H groups in total. The van der Waals surface area contributed by atoms with Gasteiger partial charge in [0.25, 0.3) is 0 Å². The van der Waals surface area contributed by atoms with Gasteiger partial charge in [-0.2, -0.15) is 0 Å². The van der Waals surface area contributed by atoms with E-state index in [-0.39, 0.29) is 37.8 Å². The van der Waals surface area contributed by atoms with Crippen LogP contribution in [0, 0.1) is 11.2 Å². The first kappa shape index (κ1) is 17.9. The van der Waals surface area contributed by atoms with Crippen LogP contribution in [-0.4, -0.2) is 26.2 Å². The highest BCUT2D eigenvalue weighted by Crippen LogP contribution is 2.43. The highest BCUT2D eigenvalue weighted by Gasteiger charge is 2.39. The molecule has 0 unspecified atom stereocenters. The molecule has 0 saturated heterocycles. The first-order chi connectivity index (χ1) is 11.5. The number of carbonyl (C=O) groups is 2. The fourth-order valence-electron chi connectivity index (χ4n) is 3.17. The van der Waals surface area contributed by atoms with Crippen LogP contribution in [-0.2, 0) is 16.3 Å². The van der Waals surface area contributed by atoms with E-state index < -0.39 is 21.4 Å². The van der Waals surface area contributed by atoms with Gasteiger partial charge in [0.05, 0.1) is 16.0 Å². The van der Waals surface area contributed by atoms with Crippen molar-refractivity contribution < 1.29 is 22.4 Å². The van der Waals surface area contributed by atoms with Crippen LogP contribution in [0.4, 0.5) is 4.39 Å². The summed E-state index contributed by atoms with van der Waals surface area (Å²) in [6.07, 6.45) is 1.63. The Labute approximate surface area is 149 Å². The number of hydrogen-bond acceptors (Lipinski definition) is 5. The van der Waals surface area contributed by atoms with Crippen molar-refractivity contribution in [3.8, 4) is 0 Å². The molecule has 1 aromatic carbocycles. The summed E-state index contributed by atoms with van der Waals surface area (Å²) in [5.74, 6) is -1.53. The Morgan fingerprint density at radius 3 is 2.44 bits per heavy atom. The van der Waals surface area contributed by atoms with Gasteiger partial charge in [0.2, 0.25) is 5.78 Å². The molecule has 0 atom stereocenters. The molecule has 0 saturated carbocycles. The molecule has 0 aliphatic heterocycles. The third-order valence-corrected chi connectivity index (χ3v) is 7.27. The van der Waals surface area contributed by atoms with E-state index in [1.54, 1.807) is 6.07 Å². The van der Waals surface area contributed by atoms with E-state index in [2.05, 4.69) is 0 Å². The van der Waals surface area contributed by atoms with Crippen molar-refractivity contribution in [2.24, 2.45) is 5.41 Å². The highest BCUT2D eigenvalue weighted by atomic mass is 32.2. The number of carbonyl (C=O) groups excluding carboxylic acids is 2. The summed E-state index contributed by atoms with van der Waals surface area (Å²) in [5.41, 5.74) is 0.0402. The number of hydrogen-bond donors (Lipinski definition) is 0. The molecule has 0 bridgehead atoms. The molecule has 0 fully saturated rings. The van der Waals surface area contributed by atoms with Gasteiger partial charge in [0.1, 0.15) is 10.0 Å². The van der Waals surface area contributed by atoms with E-state index in [0.29, 0.717) is 12.0 Å². The summed E-state index contributed by atoms with van der Waals surface area (Å²) in [7, 11) is -3.67. The SMILES string of the molecule is CC1(C)CC(=O)c2c(S(C)(=O)=O)sc(C(=O)c3ccccc3F)c2C1. The van der Waals surface area contributed by atoms with Crippen LogP contribution in [0.5, 0.6) is 0 Å². The van der Waals surface area contributed by atoms with Crippen molar-refractivity contribution >= 4 is 32.7 Å². The van der Waals surface area contributed by atoms with Gasteiger partial charge in [0.15, 0.2) is 15.6 Å². The van der Waals surface area contributed by atoms with Crippen LogP contribution in [0.15, 0.2) is 28.5 Å². The number of rotatable bonds is 3. The Kier molecular flexibility index (Phi) is 4.20. The van der Waals surface area contributed by atoms with Gasteiger partial charge in [-0.1, -0.05) is 26.0 Å². The maximum Gasteiger partial charge on any atom is 0.206 e. The van der Waals surface area contributed by atoms with Crippen molar-refractivity contribution in [2.45, 2.75) is 30.9 Å². The Morgan fingerprint density at radius 2 is 1.84 bits per heavy atom. The lowest BCUT2D eigenvalue weighted by Crippen LogP contribution is -2.28. The topological polar surface area (TPSA) is 68.3 Å². The smallest absolute Gasteiger partial charge is 0.206 e. The molecule has 0 radical (unpaired) electrons. The molecular formula is C18H17FO4S2. The predicted octanol–water partition coefficient (Wildman–Crippen LogP) is 3.68. The van der Waals surface area contributed by atoms with Gasteiger partial charge in [-0.3, -0.25) is 9.59 Å². The normalized spacial score (nSPS) is 16.6. The average molecular weight is 380 g/mol. The van der Waals surface area contributed by atoms with E-state index in [0.717, 1.165) is 17.6 Å². The van der Waals surface area contributed by atoms with E-state index in [1.807, 2.05) is 13.8 Å². The van der Waals surface area contributed by atoms with E-state index in [1.165, 1.54) is 18.2 Å². The maximum absolute atomic E-state index is 14.0. The van der Waals surface area contributed by atoms with E-state index >= 15 is 0 Å². The minimum Gasteiger partial charge on any atom is -0.294 e. The van der Waals surface area contributed by atoms with Crippen molar-refractivity contribution in [3.05, 3.63) is 51.7 Å². The molecule has 0 amide bonds. The van der Waals surface area contributed by atoms with Gasteiger partial charge in [-0.05, 0) is 29.5 Å². The van der Waals surface area contributed by atoms with Crippen LogP contribution >= 0.6 is 11.3 Å². The summed E-state index contributed by atoms with van der Waals surface area (Å²) < 4.78 is 38.2. The van der Waals surface area contributed by atoms with Crippen molar-refractivity contribution in [1.82, 2.24) is 0 Å². The number of halogens is 1. The van der Waals surface area contributed by atoms with Crippen LogP contribution < -0.4 is 0 Å². The molecule has 7 heteroatoms. The Morgan fingerprint density at radius 1 is 1.20 bits per heavy atom. The van der Waals surface area contributed by atoms with Gasteiger partial charge in [0, 0.05) is 12.7 Å². The lowest BCUT2D eigenvalue weighted by molar-refractivity contribution is 0.0909. The number of Topliss-reactive ketones (excluding diaryl/α,β-unsaturated/α-hetero) is 1. The molecule has 1 aliphatic carbocycles. The number of benzene rings is 1. The fraction of sp³-hybridized carbons (Fsp3) is 0.333. The molecule has 1 aliphatic rings. The number of fused-ring (bicyclic) bond motifs is 1. The van der Waals surface area contributed by atoms with Crippen LogP contribution in [0.2, 0.25) is 0 Å². The largest absolute Gasteiger partial charge is 0.294 e. The summed E-state index contributed by atoms with van der Waals surface area (Å²) in [6.45, 7) is 3.78. The zero-order valence-electron chi connectivity index (χ0n) is 14.1. The number of thiophene rings is 1. The Bertz CT molecular complexity index is 1000. The van der Waals surface area contributed by atoms with Crippen molar-refractivity contribution in [2.75, 3.05) is 6.26 Å². The van der Waals surface area contributed by atoms with Gasteiger partial charge < -0.3 is 0 Å². The molecule has 132 valence electrons. The summed E-state index contributed by atoms with van der Waals surface area (Å²) in [6, 6.07) is 5.56. The van der Waals surface area contributed by atoms with Crippen LogP contribution in [0.3, 0.4) is 0 Å². The Balaban J connectivity index is 2.27. The Hall–Kier alpha value is -1.86. The van der Waals surface area contributed by atoms with Crippen molar-refractivity contribution in [1.29, 1.82) is 0 Å². The molecular weight excluding hydrogens is 363 g/mol. The molecule has 4 nitrogen and oxygen atoms in total. The van der Waals surface area contributed by atoms with Crippen molar-refractivity contribution in [3.63, 3.8) is 0 Å². The monoisotopic (exact) mass is 380 g/mol. The summed E-state index contributed by atoms with van der Waals surface area (Å²) >= 11 is 0.773. The third kappa shape index (κ3) is 3.18. The fourth-order valence-corrected chi connectivity index (χ4v) is 5.66. The second-order valence-electron chi connectivity index (χ2n) is 7.09. The van der Waals surface area contributed by atoms with E-state index in [4.69, 9.17) is 0 Å². The molecule has 1 aromatic heterocycles. The average Bonchev–Trinajstić information content (AvgIpc) is 2.85. The van der Waals surface area contributed by atoms with E-state index in [9.17, 15) is 22.4 Å². The first-order valence-corrected chi connectivity index (χ1v) is 10.4. The highest BCUT2D eigenvalue weighted by molar-refractivity contribution is 7.92. The predicted molar refractivity (Wildman–Crippen MR) is 93.7 cm³/mol. The molecule has 3 rings (SSSR count). The minimum atomic E-state index is -3.67. The second-order valence-corrected chi connectivity index (χ2v) is 10.3. The lowest BCUT2D eigenvalue weighted by atomic mass is 9.74. The molecule has 25 heavy (non-hydrogen) atoms. The maximum atomic E-state index is 14.0. The van der Waals surface area contributed by atoms with Gasteiger partial charge in [-0.25, -0.2) is 12.8 Å². The number of sulfone groups is 1. The zero-order chi connectivity index (χ0) is 18.6. The lowest BCUT2D eigenvalue weighted by Gasteiger charge is -2.29. The standard InChI is InChI=1S/C18H17FO4S2/c1-18(2)8-11-14(13(20)9-18)17(25(3,22)23)24-16(11)15(21)10-6-4-5-7-12(10)19/h4-7H,8-9H2,1-3H3. The van der Waals surface area contributed by atoms with Gasteiger partial charge >= 0.3 is 0 Å². The van der Waals surface area contributed by atoms with Crippen LogP contribution in [0.25, 0.3) is 0 Å². The first-order valence-electron chi connectivity index (χ1n) is 7.69. The van der Waals surface area contributed by atoms with Crippen LogP contribution in [0.1, 0.15) is 51.4 Å². The molecule has 2 aromatic rings. The number of ketones is 2. The summed E-state index contributed by atoms with van der Waals surface area (Å²) in [5, 5.41) is 0. The van der Waals surface area contributed by atoms with Gasteiger partial charge in [-0.15, -0.1) is 11.3 Å². The minimum absolute atomic E-state index is 0.0947. The third-order valence-electron chi connectivity index (χ3n) is 4.21. The second kappa shape index (κ2) is 5.85. The summed E-state index contributed by atoms with van der Waals surface area (Å²) in [4.78, 5) is 25.6. The molecule has 1 heterocycles. The zero-order valence-corrected chi connectivity index (χ0v) is 15.7. The quantitative estimate of drug-likeness (QED) is 0.762. The molecule has 0 spiro atoms.